The van der Waals surface area contributed by atoms with Gasteiger partial charge in [0.25, 0.3) is 5.56 Å². The van der Waals surface area contributed by atoms with Gasteiger partial charge in [0.2, 0.25) is 0 Å². The van der Waals surface area contributed by atoms with E-state index in [0.29, 0.717) is 23.2 Å². The largest absolute Gasteiger partial charge is 0.378 e. The van der Waals surface area contributed by atoms with E-state index in [4.69, 9.17) is 4.74 Å². The molecule has 0 aliphatic rings. The zero-order chi connectivity index (χ0) is 19.1. The van der Waals surface area contributed by atoms with Gasteiger partial charge in [0.05, 0.1) is 28.8 Å². The van der Waals surface area contributed by atoms with Gasteiger partial charge in [-0.3, -0.25) is 4.79 Å². The number of benzene rings is 1. The molecule has 0 radical (unpaired) electrons. The lowest BCUT2D eigenvalue weighted by Gasteiger charge is -2.07. The molecule has 0 saturated carbocycles. The maximum Gasteiger partial charge on any atom is 0.280 e. The minimum Gasteiger partial charge on any atom is -0.378 e. The predicted molar refractivity (Wildman–Crippen MR) is 102 cm³/mol. The predicted octanol–water partition coefficient (Wildman–Crippen LogP) is 1.76. The lowest BCUT2D eigenvalue weighted by molar-refractivity contribution is 0.181. The molecule has 0 unspecified atom stereocenters. The highest BCUT2D eigenvalue weighted by molar-refractivity contribution is 5.86. The van der Waals surface area contributed by atoms with E-state index in [1.54, 1.807) is 24.0 Å². The van der Waals surface area contributed by atoms with Crippen LogP contribution in [0.15, 0.2) is 66.2 Å². The smallest absolute Gasteiger partial charge is 0.280 e. The van der Waals surface area contributed by atoms with Crippen molar-refractivity contribution in [2.45, 2.75) is 6.61 Å². The number of pyridine rings is 1. The maximum atomic E-state index is 12.9. The molecular weight excluding hydrogens is 358 g/mol. The molecule has 4 heterocycles. The fourth-order valence-electron chi connectivity index (χ4n) is 3.33. The Kier molecular flexibility index (Phi) is 3.73. The molecule has 0 spiro atoms. The summed E-state index contributed by atoms with van der Waals surface area (Å²) in [5, 5.41) is 12.6. The minimum atomic E-state index is -0.239. The molecule has 138 valence electrons. The van der Waals surface area contributed by atoms with Crippen LogP contribution in [0.25, 0.3) is 27.7 Å². The number of ether oxygens (including phenoxy) is 1. The van der Waals surface area contributed by atoms with E-state index in [1.165, 1.54) is 22.0 Å². The van der Waals surface area contributed by atoms with Crippen LogP contribution in [-0.2, 0) is 11.3 Å². The summed E-state index contributed by atoms with van der Waals surface area (Å²) in [6.07, 6.45) is 6.15. The first-order valence-electron chi connectivity index (χ1n) is 8.59. The number of nitrogens with zero attached hydrogens (tertiary/aromatic N) is 7. The van der Waals surface area contributed by atoms with Crippen LogP contribution in [0.4, 0.5) is 0 Å². The van der Waals surface area contributed by atoms with Crippen LogP contribution in [0.3, 0.4) is 0 Å². The van der Waals surface area contributed by atoms with Crippen molar-refractivity contribution in [3.8, 4) is 11.1 Å². The average Bonchev–Trinajstić information content (AvgIpc) is 3.37. The van der Waals surface area contributed by atoms with Gasteiger partial charge < -0.3 is 4.74 Å². The number of hydrogen-bond acceptors (Lipinski definition) is 6. The van der Waals surface area contributed by atoms with Crippen molar-refractivity contribution < 1.29 is 4.74 Å². The second kappa shape index (κ2) is 6.39. The molecule has 1 aromatic carbocycles. The third kappa shape index (κ3) is 2.41. The molecule has 0 saturated heterocycles. The first kappa shape index (κ1) is 16.3. The Morgan fingerprint density at radius 1 is 1.07 bits per heavy atom. The molecule has 0 amide bonds. The molecule has 0 fully saturated rings. The Hall–Kier alpha value is -3.85. The molecule has 0 atom stereocenters. The number of hydrogen-bond donors (Lipinski definition) is 0. The standard InChI is InChI=1S/C19H15N7O2/c1-28-10-15-17(13-5-3-2-4-6-13)18-20-9-14-16(26(18)23-15)7-8-25(19(14)27)24-11-21-22-12-24/h2-9,11-12H,10H2,1H3. The number of fused-ring (bicyclic) bond motifs is 3. The van der Waals surface area contributed by atoms with Crippen LogP contribution in [0.5, 0.6) is 0 Å². The summed E-state index contributed by atoms with van der Waals surface area (Å²) >= 11 is 0. The molecule has 0 aliphatic carbocycles. The lowest BCUT2D eigenvalue weighted by Crippen LogP contribution is -2.25. The quantitative estimate of drug-likeness (QED) is 0.477. The third-order valence-corrected chi connectivity index (χ3v) is 4.56. The highest BCUT2D eigenvalue weighted by Gasteiger charge is 2.18. The Morgan fingerprint density at radius 3 is 2.61 bits per heavy atom. The van der Waals surface area contributed by atoms with Crippen LogP contribution in [0.1, 0.15) is 5.69 Å². The molecule has 0 bridgehead atoms. The molecular formula is C19H15N7O2. The van der Waals surface area contributed by atoms with E-state index in [1.807, 2.05) is 36.4 Å². The highest BCUT2D eigenvalue weighted by atomic mass is 16.5. The number of methoxy groups -OCH3 is 1. The lowest BCUT2D eigenvalue weighted by atomic mass is 10.1. The van der Waals surface area contributed by atoms with Crippen LogP contribution >= 0.6 is 0 Å². The van der Waals surface area contributed by atoms with E-state index in [0.717, 1.165) is 16.8 Å². The Morgan fingerprint density at radius 2 is 1.86 bits per heavy atom. The SMILES string of the molecule is COCc1nn2c(ncc3c(=O)n(-n4cnnc4)ccc32)c1-c1ccccc1. The van der Waals surface area contributed by atoms with Gasteiger partial charge >= 0.3 is 0 Å². The van der Waals surface area contributed by atoms with E-state index in [2.05, 4.69) is 20.3 Å². The van der Waals surface area contributed by atoms with E-state index in [9.17, 15) is 4.79 Å². The molecule has 0 N–H and O–H groups in total. The fourth-order valence-corrected chi connectivity index (χ4v) is 3.33. The van der Waals surface area contributed by atoms with Crippen LogP contribution < -0.4 is 5.56 Å². The first-order valence-corrected chi connectivity index (χ1v) is 8.59. The van der Waals surface area contributed by atoms with Crippen LogP contribution in [-0.4, -0.2) is 41.3 Å². The molecule has 5 rings (SSSR count). The van der Waals surface area contributed by atoms with Crippen molar-refractivity contribution in [1.29, 1.82) is 0 Å². The van der Waals surface area contributed by atoms with Gasteiger partial charge in [-0.05, 0) is 11.6 Å². The highest BCUT2D eigenvalue weighted by Crippen LogP contribution is 2.29. The van der Waals surface area contributed by atoms with Gasteiger partial charge in [0.1, 0.15) is 12.7 Å². The monoisotopic (exact) mass is 373 g/mol. The number of rotatable bonds is 4. The number of aromatic nitrogens is 7. The van der Waals surface area contributed by atoms with Crippen molar-refractivity contribution in [2.75, 3.05) is 7.11 Å². The van der Waals surface area contributed by atoms with Gasteiger partial charge in [-0.15, -0.1) is 10.2 Å². The van der Waals surface area contributed by atoms with Gasteiger partial charge in [0.15, 0.2) is 5.65 Å². The molecule has 4 aromatic heterocycles. The van der Waals surface area contributed by atoms with Crippen molar-refractivity contribution in [1.82, 2.24) is 34.1 Å². The average molecular weight is 373 g/mol. The second-order valence-corrected chi connectivity index (χ2v) is 6.22. The Labute approximate surface area is 158 Å². The minimum absolute atomic E-state index is 0.239. The van der Waals surface area contributed by atoms with Crippen molar-refractivity contribution in [3.63, 3.8) is 0 Å². The second-order valence-electron chi connectivity index (χ2n) is 6.22. The fraction of sp³-hybridized carbons (Fsp3) is 0.105. The summed E-state index contributed by atoms with van der Waals surface area (Å²) in [4.78, 5) is 17.5. The van der Waals surface area contributed by atoms with E-state index >= 15 is 0 Å². The molecule has 28 heavy (non-hydrogen) atoms. The maximum absolute atomic E-state index is 12.9. The summed E-state index contributed by atoms with van der Waals surface area (Å²) in [6.45, 7) is 0.340. The molecule has 0 aliphatic heterocycles. The summed E-state index contributed by atoms with van der Waals surface area (Å²) < 4.78 is 9.95. The summed E-state index contributed by atoms with van der Waals surface area (Å²) in [6, 6.07) is 11.7. The van der Waals surface area contributed by atoms with E-state index < -0.39 is 0 Å². The Balaban J connectivity index is 1.82. The molecule has 9 heteroatoms. The summed E-state index contributed by atoms with van der Waals surface area (Å²) in [5.41, 5.74) is 3.75. The third-order valence-electron chi connectivity index (χ3n) is 4.56. The van der Waals surface area contributed by atoms with Crippen molar-refractivity contribution in [2.24, 2.45) is 0 Å². The van der Waals surface area contributed by atoms with Crippen LogP contribution in [0.2, 0.25) is 0 Å². The molecule has 9 nitrogen and oxygen atoms in total. The summed E-state index contributed by atoms with van der Waals surface area (Å²) in [5.74, 6) is 0. The van der Waals surface area contributed by atoms with Gasteiger partial charge in [-0.1, -0.05) is 30.3 Å². The zero-order valence-electron chi connectivity index (χ0n) is 14.9. The van der Waals surface area contributed by atoms with E-state index in [-0.39, 0.29) is 5.56 Å². The van der Waals surface area contributed by atoms with Crippen LogP contribution in [0, 0.1) is 0 Å². The van der Waals surface area contributed by atoms with Gasteiger partial charge in [-0.2, -0.15) is 5.10 Å². The summed E-state index contributed by atoms with van der Waals surface area (Å²) in [7, 11) is 1.63. The molecule has 5 aromatic rings. The first-order chi connectivity index (χ1) is 13.8. The van der Waals surface area contributed by atoms with Gasteiger partial charge in [0, 0.05) is 19.5 Å². The zero-order valence-corrected chi connectivity index (χ0v) is 14.9. The topological polar surface area (TPSA) is 92.1 Å². The van der Waals surface area contributed by atoms with Crippen molar-refractivity contribution in [3.05, 3.63) is 77.5 Å². The normalized spacial score (nSPS) is 11.5. The van der Waals surface area contributed by atoms with Gasteiger partial charge in [-0.25, -0.2) is 18.9 Å². The van der Waals surface area contributed by atoms with Crippen molar-refractivity contribution >= 4 is 16.6 Å². The Bertz CT molecular complexity index is 1340.